The summed E-state index contributed by atoms with van der Waals surface area (Å²) < 4.78 is 0. The van der Waals surface area contributed by atoms with Gasteiger partial charge < -0.3 is 10.1 Å². The molecule has 0 amide bonds. The van der Waals surface area contributed by atoms with Crippen molar-refractivity contribution in [3.05, 3.63) is 52.1 Å². The average Bonchev–Trinajstić information content (AvgIpc) is 2.84. The third kappa shape index (κ3) is 2.80. The smallest absolute Gasteiger partial charge is 0.303 e. The molecule has 0 fully saturated rings. The molecule has 0 radical (unpaired) electrons. The van der Waals surface area contributed by atoms with Crippen molar-refractivity contribution in [3.63, 3.8) is 0 Å². The van der Waals surface area contributed by atoms with Crippen molar-refractivity contribution in [1.82, 2.24) is 9.97 Å². The summed E-state index contributed by atoms with van der Waals surface area (Å²) in [5, 5.41) is 10.8. The van der Waals surface area contributed by atoms with Crippen LogP contribution in [-0.2, 0) is 11.2 Å². The molecule has 0 aliphatic rings. The molecule has 4 nitrogen and oxygen atoms in total. The van der Waals surface area contributed by atoms with Crippen LogP contribution in [0.1, 0.15) is 12.0 Å². The van der Waals surface area contributed by atoms with E-state index in [-0.39, 0.29) is 6.42 Å². The van der Waals surface area contributed by atoms with Gasteiger partial charge in [-0.15, -0.1) is 0 Å². The van der Waals surface area contributed by atoms with Crippen LogP contribution in [0.4, 0.5) is 0 Å². The lowest BCUT2D eigenvalue weighted by Crippen LogP contribution is -1.98. The van der Waals surface area contributed by atoms with Crippen LogP contribution in [0.3, 0.4) is 0 Å². The number of aliphatic carboxylic acids is 1. The van der Waals surface area contributed by atoms with Crippen molar-refractivity contribution in [1.29, 1.82) is 0 Å². The van der Waals surface area contributed by atoms with Crippen molar-refractivity contribution in [2.24, 2.45) is 0 Å². The highest BCUT2D eigenvalue weighted by Gasteiger charge is 2.17. The molecule has 3 rings (SSSR count). The number of hydrogen-bond donors (Lipinski definition) is 2. The Morgan fingerprint density at radius 2 is 2.09 bits per heavy atom. The van der Waals surface area contributed by atoms with Crippen LogP contribution in [0.25, 0.3) is 22.3 Å². The van der Waals surface area contributed by atoms with E-state index in [0.29, 0.717) is 16.5 Å². The fourth-order valence-corrected chi connectivity index (χ4v) is 3.13. The van der Waals surface area contributed by atoms with Gasteiger partial charge >= 0.3 is 5.97 Å². The van der Waals surface area contributed by atoms with E-state index >= 15 is 0 Å². The van der Waals surface area contributed by atoms with E-state index in [1.54, 1.807) is 18.3 Å². The quantitative estimate of drug-likeness (QED) is 0.735. The van der Waals surface area contributed by atoms with Gasteiger partial charge in [0.05, 0.1) is 16.4 Å². The number of carboxylic acids is 1. The minimum absolute atomic E-state index is 0.0196. The Morgan fingerprint density at radius 3 is 2.77 bits per heavy atom. The minimum atomic E-state index is -0.855. The summed E-state index contributed by atoms with van der Waals surface area (Å²) in [6.45, 7) is 0. The summed E-state index contributed by atoms with van der Waals surface area (Å²) >= 11 is 12.4. The zero-order chi connectivity index (χ0) is 15.7. The average molecular weight is 335 g/mol. The first kappa shape index (κ1) is 14.9. The monoisotopic (exact) mass is 334 g/mol. The first-order chi connectivity index (χ1) is 10.6. The van der Waals surface area contributed by atoms with Crippen LogP contribution < -0.4 is 0 Å². The molecule has 2 N–H and O–H groups in total. The normalized spacial score (nSPS) is 11.0. The second kappa shape index (κ2) is 5.99. The van der Waals surface area contributed by atoms with E-state index in [2.05, 4.69) is 9.97 Å². The lowest BCUT2D eigenvalue weighted by Gasteiger charge is -2.04. The van der Waals surface area contributed by atoms with E-state index in [4.69, 9.17) is 28.3 Å². The molecule has 0 bridgehead atoms. The van der Waals surface area contributed by atoms with Gasteiger partial charge in [0.2, 0.25) is 0 Å². The number of fused-ring (bicyclic) bond motifs is 1. The van der Waals surface area contributed by atoms with Crippen molar-refractivity contribution < 1.29 is 9.90 Å². The first-order valence-electron chi connectivity index (χ1n) is 6.69. The summed E-state index contributed by atoms with van der Waals surface area (Å²) in [5.41, 5.74) is 3.14. The van der Waals surface area contributed by atoms with Crippen LogP contribution in [-0.4, -0.2) is 21.0 Å². The number of nitrogens with zero attached hydrogens (tertiary/aromatic N) is 1. The molecule has 1 aromatic carbocycles. The predicted octanol–water partition coefficient (Wildman–Crippen LogP) is 4.55. The van der Waals surface area contributed by atoms with Crippen LogP contribution in [0.2, 0.25) is 10.0 Å². The van der Waals surface area contributed by atoms with Gasteiger partial charge in [-0.2, -0.15) is 0 Å². The molecule has 0 aliphatic heterocycles. The molecule has 0 saturated carbocycles. The fraction of sp³-hybridized carbons (Fsp3) is 0.125. The number of carbonyl (C=O) groups is 1. The molecule has 2 aromatic heterocycles. The number of aryl methyl sites for hydroxylation is 1. The number of hydrogen-bond acceptors (Lipinski definition) is 2. The summed E-state index contributed by atoms with van der Waals surface area (Å²) in [5.74, 6) is -0.855. The highest BCUT2D eigenvalue weighted by atomic mass is 35.5. The third-order valence-corrected chi connectivity index (χ3v) is 3.94. The number of nitrogens with one attached hydrogen (secondary N) is 1. The van der Waals surface area contributed by atoms with E-state index in [1.807, 2.05) is 18.2 Å². The van der Waals surface area contributed by atoms with E-state index in [1.165, 1.54) is 0 Å². The Labute approximate surface area is 136 Å². The molecular weight excluding hydrogens is 323 g/mol. The SMILES string of the molecule is O=C(O)CCc1c(-c2ccccn2)[nH]c2cc(Cl)cc(Cl)c12. The lowest BCUT2D eigenvalue weighted by atomic mass is 10.0. The molecule has 22 heavy (non-hydrogen) atoms. The largest absolute Gasteiger partial charge is 0.481 e. The molecule has 112 valence electrons. The van der Waals surface area contributed by atoms with Gasteiger partial charge in [-0.3, -0.25) is 9.78 Å². The third-order valence-electron chi connectivity index (χ3n) is 3.43. The maximum atomic E-state index is 10.9. The summed E-state index contributed by atoms with van der Waals surface area (Å²) in [6, 6.07) is 9.01. The van der Waals surface area contributed by atoms with Crippen molar-refractivity contribution in [3.8, 4) is 11.4 Å². The van der Waals surface area contributed by atoms with Gasteiger partial charge in [0.15, 0.2) is 0 Å². The number of pyridine rings is 1. The van der Waals surface area contributed by atoms with E-state index in [0.717, 1.165) is 27.9 Å². The Bertz CT molecular complexity index is 844. The number of H-pyrrole nitrogens is 1. The lowest BCUT2D eigenvalue weighted by molar-refractivity contribution is -0.136. The molecule has 2 heterocycles. The molecule has 0 atom stereocenters. The van der Waals surface area contributed by atoms with Crippen LogP contribution in [0, 0.1) is 0 Å². The molecular formula is C16H12Cl2N2O2. The Hall–Kier alpha value is -2.04. The molecule has 0 unspecified atom stereocenters. The Balaban J connectivity index is 2.24. The highest BCUT2D eigenvalue weighted by Crippen LogP contribution is 2.36. The van der Waals surface area contributed by atoms with Gasteiger partial charge in [-0.25, -0.2) is 0 Å². The zero-order valence-electron chi connectivity index (χ0n) is 11.4. The number of carboxylic acid groups (broad SMARTS) is 1. The minimum Gasteiger partial charge on any atom is -0.481 e. The molecule has 0 aliphatic carbocycles. The van der Waals surface area contributed by atoms with Gasteiger partial charge in [-0.05, 0) is 36.2 Å². The number of aromatic amines is 1. The van der Waals surface area contributed by atoms with E-state index < -0.39 is 5.97 Å². The molecule has 0 spiro atoms. The Morgan fingerprint density at radius 1 is 1.27 bits per heavy atom. The molecule has 3 aromatic rings. The summed E-state index contributed by atoms with van der Waals surface area (Å²) in [6.07, 6.45) is 2.07. The van der Waals surface area contributed by atoms with Gasteiger partial charge in [0.1, 0.15) is 0 Å². The van der Waals surface area contributed by atoms with Gasteiger partial charge in [0, 0.05) is 28.5 Å². The summed E-state index contributed by atoms with van der Waals surface area (Å²) in [7, 11) is 0. The topological polar surface area (TPSA) is 66.0 Å². The predicted molar refractivity (Wildman–Crippen MR) is 87.5 cm³/mol. The maximum absolute atomic E-state index is 10.9. The number of halogens is 2. The molecule has 6 heteroatoms. The second-order valence-electron chi connectivity index (χ2n) is 4.90. The number of rotatable bonds is 4. The zero-order valence-corrected chi connectivity index (χ0v) is 12.9. The fourth-order valence-electron chi connectivity index (χ4n) is 2.53. The van der Waals surface area contributed by atoms with Crippen molar-refractivity contribution in [2.75, 3.05) is 0 Å². The van der Waals surface area contributed by atoms with Gasteiger partial charge in [0.25, 0.3) is 0 Å². The first-order valence-corrected chi connectivity index (χ1v) is 7.44. The number of benzene rings is 1. The highest BCUT2D eigenvalue weighted by molar-refractivity contribution is 6.39. The molecule has 0 saturated heterocycles. The number of aromatic nitrogens is 2. The Kier molecular flexibility index (Phi) is 4.05. The van der Waals surface area contributed by atoms with Gasteiger partial charge in [-0.1, -0.05) is 29.3 Å². The second-order valence-corrected chi connectivity index (χ2v) is 5.74. The maximum Gasteiger partial charge on any atom is 0.303 e. The van der Waals surface area contributed by atoms with Crippen LogP contribution >= 0.6 is 23.2 Å². The van der Waals surface area contributed by atoms with Crippen molar-refractivity contribution in [2.45, 2.75) is 12.8 Å². The standard InChI is InChI=1S/C16H12Cl2N2O2/c17-9-7-11(18)15-10(4-5-14(21)22)16(20-13(15)8-9)12-3-1-2-6-19-12/h1-3,6-8,20H,4-5H2,(H,21,22). The van der Waals surface area contributed by atoms with Crippen molar-refractivity contribution >= 4 is 40.1 Å². The summed E-state index contributed by atoms with van der Waals surface area (Å²) in [4.78, 5) is 18.5. The van der Waals surface area contributed by atoms with E-state index in [9.17, 15) is 4.79 Å². The van der Waals surface area contributed by atoms with Crippen LogP contribution in [0.5, 0.6) is 0 Å². The van der Waals surface area contributed by atoms with Crippen LogP contribution in [0.15, 0.2) is 36.5 Å².